The number of ether oxygens (including phenoxy) is 3. The number of fused-ring (bicyclic) bond motifs is 1. The van der Waals surface area contributed by atoms with Crippen LogP contribution < -0.4 is 15.2 Å². The van der Waals surface area contributed by atoms with E-state index in [2.05, 4.69) is 19.9 Å². The second-order valence-electron chi connectivity index (χ2n) is 5.97. The summed E-state index contributed by atoms with van der Waals surface area (Å²) in [5.74, 6) is 1.65. The Bertz CT molecular complexity index is 472. The molecule has 0 amide bonds. The van der Waals surface area contributed by atoms with Gasteiger partial charge in [0.1, 0.15) is 11.7 Å². The highest BCUT2D eigenvalue weighted by Gasteiger charge is 2.33. The van der Waals surface area contributed by atoms with Gasteiger partial charge in [-0.05, 0) is 26.3 Å². The highest BCUT2D eigenvalue weighted by Crippen LogP contribution is 2.42. The molecule has 4 nitrogen and oxygen atoms in total. The molecule has 19 heavy (non-hydrogen) atoms. The van der Waals surface area contributed by atoms with Gasteiger partial charge in [0.2, 0.25) is 0 Å². The van der Waals surface area contributed by atoms with Crippen molar-refractivity contribution < 1.29 is 14.2 Å². The van der Waals surface area contributed by atoms with Gasteiger partial charge in [-0.2, -0.15) is 0 Å². The summed E-state index contributed by atoms with van der Waals surface area (Å²) in [6.45, 7) is 5.45. The number of hydrogen-bond acceptors (Lipinski definition) is 4. The first-order valence-electron chi connectivity index (χ1n) is 6.86. The Kier molecular flexibility index (Phi) is 3.15. The van der Waals surface area contributed by atoms with E-state index < -0.39 is 0 Å². The Morgan fingerprint density at radius 3 is 3.00 bits per heavy atom. The molecule has 2 atom stereocenters. The smallest absolute Gasteiger partial charge is 0.165 e. The summed E-state index contributed by atoms with van der Waals surface area (Å²) in [6.07, 6.45) is 1.66. The summed E-state index contributed by atoms with van der Waals surface area (Å²) >= 11 is 0. The van der Waals surface area contributed by atoms with Gasteiger partial charge in [0.05, 0.1) is 6.61 Å². The monoisotopic (exact) mass is 263 g/mol. The SMILES string of the molecule is CC1(C)Cc2cccc(OC3COCCC3N)c2O1. The molecule has 1 fully saturated rings. The van der Waals surface area contributed by atoms with Gasteiger partial charge in [0.25, 0.3) is 0 Å². The van der Waals surface area contributed by atoms with E-state index in [1.165, 1.54) is 5.56 Å². The quantitative estimate of drug-likeness (QED) is 0.885. The summed E-state index contributed by atoms with van der Waals surface area (Å²) in [6, 6.07) is 6.07. The van der Waals surface area contributed by atoms with Crippen molar-refractivity contribution in [2.24, 2.45) is 5.73 Å². The zero-order valence-electron chi connectivity index (χ0n) is 11.5. The first-order chi connectivity index (χ1) is 9.05. The van der Waals surface area contributed by atoms with Gasteiger partial charge in [-0.15, -0.1) is 0 Å². The molecule has 2 aliphatic heterocycles. The maximum absolute atomic E-state index is 6.08. The van der Waals surface area contributed by atoms with Crippen molar-refractivity contribution in [2.75, 3.05) is 13.2 Å². The van der Waals surface area contributed by atoms with Crippen molar-refractivity contribution in [3.63, 3.8) is 0 Å². The molecule has 2 N–H and O–H groups in total. The first kappa shape index (κ1) is 12.8. The second kappa shape index (κ2) is 4.69. The molecule has 0 bridgehead atoms. The fourth-order valence-corrected chi connectivity index (χ4v) is 2.69. The molecule has 4 heteroatoms. The molecule has 3 rings (SSSR count). The van der Waals surface area contributed by atoms with Crippen LogP contribution in [0.4, 0.5) is 0 Å². The van der Waals surface area contributed by atoms with Crippen LogP contribution in [-0.4, -0.2) is 31.0 Å². The Morgan fingerprint density at radius 1 is 1.37 bits per heavy atom. The molecule has 0 aliphatic carbocycles. The molecule has 104 valence electrons. The van der Waals surface area contributed by atoms with Crippen LogP contribution in [-0.2, 0) is 11.2 Å². The van der Waals surface area contributed by atoms with E-state index in [0.29, 0.717) is 6.61 Å². The minimum Gasteiger partial charge on any atom is -0.483 e. The molecule has 0 aromatic heterocycles. The molecule has 2 heterocycles. The van der Waals surface area contributed by atoms with E-state index in [4.69, 9.17) is 19.9 Å². The molecule has 1 saturated heterocycles. The first-order valence-corrected chi connectivity index (χ1v) is 6.86. The maximum atomic E-state index is 6.08. The summed E-state index contributed by atoms with van der Waals surface area (Å²) in [5.41, 5.74) is 7.12. The lowest BCUT2D eigenvalue weighted by Gasteiger charge is -2.29. The number of para-hydroxylation sites is 1. The number of rotatable bonds is 2. The normalized spacial score (nSPS) is 28.6. The molecule has 0 radical (unpaired) electrons. The lowest BCUT2D eigenvalue weighted by atomic mass is 10.0. The van der Waals surface area contributed by atoms with Gasteiger partial charge in [0.15, 0.2) is 11.5 Å². The van der Waals surface area contributed by atoms with Crippen LogP contribution in [0, 0.1) is 0 Å². The molecule has 2 aliphatic rings. The van der Waals surface area contributed by atoms with Crippen molar-refractivity contribution in [1.82, 2.24) is 0 Å². The van der Waals surface area contributed by atoms with Crippen molar-refractivity contribution in [3.05, 3.63) is 23.8 Å². The topological polar surface area (TPSA) is 53.7 Å². The standard InChI is InChI=1S/C15H21NO3/c1-15(2)8-10-4-3-5-12(14(10)19-15)18-13-9-17-7-6-11(13)16/h3-5,11,13H,6-9,16H2,1-2H3. The van der Waals surface area contributed by atoms with E-state index in [0.717, 1.165) is 30.9 Å². The molecule has 1 aromatic rings. The summed E-state index contributed by atoms with van der Waals surface area (Å²) in [5, 5.41) is 0. The van der Waals surface area contributed by atoms with Crippen LogP contribution in [0.1, 0.15) is 25.8 Å². The number of hydrogen-bond donors (Lipinski definition) is 1. The average Bonchev–Trinajstić information content (AvgIpc) is 2.67. The predicted octanol–water partition coefficient (Wildman–Crippen LogP) is 1.90. The lowest BCUT2D eigenvalue weighted by molar-refractivity contribution is -0.00722. The van der Waals surface area contributed by atoms with Crippen molar-refractivity contribution >= 4 is 0 Å². The molecule has 0 spiro atoms. The van der Waals surface area contributed by atoms with Gasteiger partial charge in [0, 0.05) is 24.6 Å². The van der Waals surface area contributed by atoms with Crippen LogP contribution >= 0.6 is 0 Å². The molecule has 1 aromatic carbocycles. The Hall–Kier alpha value is -1.26. The van der Waals surface area contributed by atoms with Crippen LogP contribution in [0.25, 0.3) is 0 Å². The summed E-state index contributed by atoms with van der Waals surface area (Å²) < 4.78 is 17.5. The number of nitrogens with two attached hydrogens (primary N) is 1. The highest BCUT2D eigenvalue weighted by atomic mass is 16.6. The Balaban J connectivity index is 1.81. The van der Waals surface area contributed by atoms with Gasteiger partial charge >= 0.3 is 0 Å². The van der Waals surface area contributed by atoms with Gasteiger partial charge in [-0.25, -0.2) is 0 Å². The third-order valence-electron chi connectivity index (χ3n) is 3.69. The maximum Gasteiger partial charge on any atom is 0.165 e. The highest BCUT2D eigenvalue weighted by molar-refractivity contribution is 5.50. The zero-order valence-corrected chi connectivity index (χ0v) is 11.5. The second-order valence-corrected chi connectivity index (χ2v) is 5.97. The van der Waals surface area contributed by atoms with E-state index in [9.17, 15) is 0 Å². The third-order valence-corrected chi connectivity index (χ3v) is 3.69. The van der Waals surface area contributed by atoms with Gasteiger partial charge in [-0.3, -0.25) is 0 Å². The average molecular weight is 263 g/mol. The van der Waals surface area contributed by atoms with Crippen molar-refractivity contribution in [2.45, 2.75) is 44.4 Å². The third kappa shape index (κ3) is 2.55. The van der Waals surface area contributed by atoms with E-state index in [-0.39, 0.29) is 17.7 Å². The largest absolute Gasteiger partial charge is 0.483 e. The Labute approximate surface area is 113 Å². The van der Waals surface area contributed by atoms with Crippen LogP contribution in [0.2, 0.25) is 0 Å². The number of benzene rings is 1. The predicted molar refractivity (Wildman–Crippen MR) is 72.7 cm³/mol. The molecule has 2 unspecified atom stereocenters. The van der Waals surface area contributed by atoms with Gasteiger partial charge < -0.3 is 19.9 Å². The van der Waals surface area contributed by atoms with Crippen molar-refractivity contribution in [1.29, 1.82) is 0 Å². The van der Waals surface area contributed by atoms with Crippen LogP contribution in [0.3, 0.4) is 0 Å². The van der Waals surface area contributed by atoms with E-state index >= 15 is 0 Å². The molecule has 0 saturated carbocycles. The van der Waals surface area contributed by atoms with Crippen LogP contribution in [0.15, 0.2) is 18.2 Å². The van der Waals surface area contributed by atoms with Gasteiger partial charge in [-0.1, -0.05) is 12.1 Å². The van der Waals surface area contributed by atoms with Crippen LogP contribution in [0.5, 0.6) is 11.5 Å². The Morgan fingerprint density at radius 2 is 2.21 bits per heavy atom. The molecular formula is C15H21NO3. The fraction of sp³-hybridized carbons (Fsp3) is 0.600. The van der Waals surface area contributed by atoms with E-state index in [1.54, 1.807) is 0 Å². The summed E-state index contributed by atoms with van der Waals surface area (Å²) in [4.78, 5) is 0. The molecular weight excluding hydrogens is 242 g/mol. The zero-order chi connectivity index (χ0) is 13.5. The van der Waals surface area contributed by atoms with E-state index in [1.807, 2.05) is 12.1 Å². The lowest BCUT2D eigenvalue weighted by Crippen LogP contribution is -2.46. The summed E-state index contributed by atoms with van der Waals surface area (Å²) in [7, 11) is 0. The van der Waals surface area contributed by atoms with Crippen molar-refractivity contribution in [3.8, 4) is 11.5 Å². The minimum absolute atomic E-state index is 0.0269. The minimum atomic E-state index is -0.160. The fourth-order valence-electron chi connectivity index (χ4n) is 2.69.